The van der Waals surface area contributed by atoms with Gasteiger partial charge in [0.25, 0.3) is 11.1 Å². The Hall–Kier alpha value is -1.56. The zero-order chi connectivity index (χ0) is 16.4. The van der Waals surface area contributed by atoms with Crippen LogP contribution in [0.1, 0.15) is 11.1 Å². The fourth-order valence-electron chi connectivity index (χ4n) is 2.14. The maximum Gasteiger partial charge on any atom is 0.293 e. The van der Waals surface area contributed by atoms with Crippen LogP contribution in [0.2, 0.25) is 5.02 Å². The number of hydrogen-bond donors (Lipinski definition) is 0. The summed E-state index contributed by atoms with van der Waals surface area (Å²) in [5, 5.41) is 0.265. The van der Waals surface area contributed by atoms with Crippen molar-refractivity contribution in [2.75, 3.05) is 0 Å². The Kier molecular flexibility index (Phi) is 4.90. The smallest absolute Gasteiger partial charge is 0.268 e. The molecule has 1 heterocycles. The lowest BCUT2D eigenvalue weighted by Gasteiger charge is -2.13. The van der Waals surface area contributed by atoms with E-state index in [-0.39, 0.29) is 17.7 Å². The summed E-state index contributed by atoms with van der Waals surface area (Å²) in [5.41, 5.74) is 1.62. The van der Waals surface area contributed by atoms with Gasteiger partial charge in [0.05, 0.1) is 11.4 Å². The molecule has 0 saturated carbocycles. The average Bonchev–Trinajstić information content (AvgIpc) is 2.79. The lowest BCUT2D eigenvalue weighted by Crippen LogP contribution is -2.27. The van der Waals surface area contributed by atoms with Crippen LogP contribution in [-0.2, 0) is 11.3 Å². The zero-order valence-electron chi connectivity index (χ0n) is 11.8. The number of hydrogen-bond acceptors (Lipinski definition) is 3. The molecule has 0 aromatic heterocycles. The summed E-state index contributed by atoms with van der Waals surface area (Å²) >= 11 is 10.4. The third kappa shape index (κ3) is 3.68. The number of nitrogens with zero attached hydrogens (tertiary/aromatic N) is 1. The Morgan fingerprint density at radius 2 is 1.78 bits per heavy atom. The van der Waals surface area contributed by atoms with Crippen molar-refractivity contribution in [3.63, 3.8) is 0 Å². The van der Waals surface area contributed by atoms with Crippen molar-refractivity contribution < 1.29 is 9.59 Å². The quantitative estimate of drug-likeness (QED) is 0.643. The van der Waals surface area contributed by atoms with Gasteiger partial charge in [-0.15, -0.1) is 0 Å². The van der Waals surface area contributed by atoms with Gasteiger partial charge in [-0.3, -0.25) is 14.5 Å². The molecule has 2 amide bonds. The van der Waals surface area contributed by atoms with Crippen molar-refractivity contribution in [2.24, 2.45) is 0 Å². The minimum Gasteiger partial charge on any atom is -0.268 e. The van der Waals surface area contributed by atoms with E-state index < -0.39 is 0 Å². The summed E-state index contributed by atoms with van der Waals surface area (Å²) in [6.07, 6.45) is 1.73. The maximum absolute atomic E-state index is 12.5. The minimum absolute atomic E-state index is 0.183. The fraction of sp³-hybridized carbons (Fsp3) is 0.0588. The largest absolute Gasteiger partial charge is 0.293 e. The summed E-state index contributed by atoms with van der Waals surface area (Å²) in [4.78, 5) is 26.2. The lowest BCUT2D eigenvalue weighted by atomic mass is 10.2. The van der Waals surface area contributed by atoms with Gasteiger partial charge in [-0.1, -0.05) is 57.9 Å². The predicted molar refractivity (Wildman–Crippen MR) is 97.1 cm³/mol. The number of carbonyl (C=O) groups is 2. The highest BCUT2D eigenvalue weighted by molar-refractivity contribution is 9.10. The van der Waals surface area contributed by atoms with E-state index in [1.54, 1.807) is 12.1 Å². The molecule has 1 aliphatic rings. The first kappa shape index (κ1) is 16.3. The van der Waals surface area contributed by atoms with Crippen molar-refractivity contribution in [3.8, 4) is 0 Å². The van der Waals surface area contributed by atoms with E-state index in [4.69, 9.17) is 11.6 Å². The number of thioether (sulfide) groups is 1. The van der Waals surface area contributed by atoms with E-state index in [9.17, 15) is 9.59 Å². The number of benzene rings is 2. The molecule has 3 rings (SSSR count). The molecule has 23 heavy (non-hydrogen) atoms. The van der Waals surface area contributed by atoms with Crippen molar-refractivity contribution in [1.29, 1.82) is 0 Å². The molecule has 3 nitrogen and oxygen atoms in total. The van der Waals surface area contributed by atoms with E-state index in [0.29, 0.717) is 9.93 Å². The van der Waals surface area contributed by atoms with Crippen molar-refractivity contribution >= 4 is 56.5 Å². The second-order valence-corrected chi connectivity index (χ2v) is 7.23. The Morgan fingerprint density at radius 1 is 1.09 bits per heavy atom. The van der Waals surface area contributed by atoms with Crippen LogP contribution in [0.3, 0.4) is 0 Å². The molecule has 1 saturated heterocycles. The standard InChI is InChI=1S/C17H11BrClNO2S/c18-13-7-5-11(6-8-13)9-15-16(21)20(17(22)23-15)10-12-3-1-2-4-14(12)19/h1-9H,10H2/b15-9-. The molecule has 2 aromatic rings. The predicted octanol–water partition coefficient (Wildman–Crippen LogP) is 5.34. The highest BCUT2D eigenvalue weighted by Crippen LogP contribution is 2.34. The second-order valence-electron chi connectivity index (χ2n) is 4.91. The Bertz CT molecular complexity index is 804. The van der Waals surface area contributed by atoms with Crippen LogP contribution in [-0.4, -0.2) is 16.0 Å². The molecule has 0 aliphatic carbocycles. The van der Waals surface area contributed by atoms with E-state index in [2.05, 4.69) is 15.9 Å². The maximum atomic E-state index is 12.5. The molecule has 0 unspecified atom stereocenters. The number of imide groups is 1. The van der Waals surface area contributed by atoms with Gasteiger partial charge in [-0.25, -0.2) is 0 Å². The monoisotopic (exact) mass is 407 g/mol. The van der Waals surface area contributed by atoms with E-state index in [1.807, 2.05) is 42.5 Å². The Balaban J connectivity index is 1.82. The molecule has 0 spiro atoms. The first-order valence-electron chi connectivity index (χ1n) is 6.79. The molecule has 0 radical (unpaired) electrons. The zero-order valence-corrected chi connectivity index (χ0v) is 15.0. The van der Waals surface area contributed by atoms with Crippen molar-refractivity contribution in [3.05, 3.63) is 74.1 Å². The molecule has 2 aromatic carbocycles. The van der Waals surface area contributed by atoms with Gasteiger partial charge < -0.3 is 0 Å². The number of amides is 2. The minimum atomic E-state index is -0.289. The molecular weight excluding hydrogens is 398 g/mol. The molecule has 0 atom stereocenters. The van der Waals surface area contributed by atoms with E-state index in [0.717, 1.165) is 27.4 Å². The number of halogens is 2. The van der Waals surface area contributed by atoms with Gasteiger partial charge in [-0.05, 0) is 47.2 Å². The number of carbonyl (C=O) groups excluding carboxylic acids is 2. The van der Waals surface area contributed by atoms with Crippen LogP contribution in [0, 0.1) is 0 Å². The first-order valence-corrected chi connectivity index (χ1v) is 8.77. The van der Waals surface area contributed by atoms with Crippen LogP contribution in [0.15, 0.2) is 57.9 Å². The van der Waals surface area contributed by atoms with Crippen LogP contribution in [0.25, 0.3) is 6.08 Å². The lowest BCUT2D eigenvalue weighted by molar-refractivity contribution is -0.123. The van der Waals surface area contributed by atoms with Gasteiger partial charge >= 0.3 is 0 Å². The van der Waals surface area contributed by atoms with Crippen molar-refractivity contribution in [2.45, 2.75) is 6.54 Å². The molecule has 6 heteroatoms. The summed E-state index contributed by atoms with van der Waals surface area (Å²) in [7, 11) is 0. The van der Waals surface area contributed by atoms with Crippen molar-refractivity contribution in [1.82, 2.24) is 4.90 Å². The van der Waals surface area contributed by atoms with Gasteiger partial charge in [0, 0.05) is 9.50 Å². The molecule has 116 valence electrons. The molecular formula is C17H11BrClNO2S. The van der Waals surface area contributed by atoms with Crippen LogP contribution >= 0.6 is 39.3 Å². The highest BCUT2D eigenvalue weighted by atomic mass is 79.9. The average molecular weight is 409 g/mol. The van der Waals surface area contributed by atoms with E-state index in [1.165, 1.54) is 4.90 Å². The second kappa shape index (κ2) is 6.91. The van der Waals surface area contributed by atoms with Gasteiger partial charge in [-0.2, -0.15) is 0 Å². The normalized spacial score (nSPS) is 16.4. The number of rotatable bonds is 3. The van der Waals surface area contributed by atoms with Gasteiger partial charge in [0.1, 0.15) is 0 Å². The van der Waals surface area contributed by atoms with Crippen LogP contribution in [0.5, 0.6) is 0 Å². The summed E-state index contributed by atoms with van der Waals surface area (Å²) in [5.74, 6) is -0.289. The van der Waals surface area contributed by atoms with E-state index >= 15 is 0 Å². The third-order valence-corrected chi connectivity index (χ3v) is 5.13. The summed E-state index contributed by atoms with van der Waals surface area (Å²) in [6, 6.07) is 14.7. The van der Waals surface area contributed by atoms with Gasteiger partial charge in [0.15, 0.2) is 0 Å². The van der Waals surface area contributed by atoms with Crippen LogP contribution in [0.4, 0.5) is 4.79 Å². The highest BCUT2D eigenvalue weighted by Gasteiger charge is 2.35. The first-order chi connectivity index (χ1) is 11.0. The van der Waals surface area contributed by atoms with Gasteiger partial charge in [0.2, 0.25) is 0 Å². The molecule has 0 N–H and O–H groups in total. The topological polar surface area (TPSA) is 37.4 Å². The Labute approximate surface area is 151 Å². The van der Waals surface area contributed by atoms with Crippen LogP contribution < -0.4 is 0 Å². The molecule has 1 aliphatic heterocycles. The molecule has 0 bridgehead atoms. The Morgan fingerprint density at radius 3 is 2.48 bits per heavy atom. The summed E-state index contributed by atoms with van der Waals surface area (Å²) in [6.45, 7) is 0.183. The third-order valence-electron chi connectivity index (χ3n) is 3.33. The fourth-order valence-corrected chi connectivity index (χ4v) is 3.44. The molecule has 1 fully saturated rings. The summed E-state index contributed by atoms with van der Waals surface area (Å²) < 4.78 is 0.960. The SMILES string of the molecule is O=C1S/C(=C\c2ccc(Br)cc2)C(=O)N1Cc1ccccc1Cl.